The van der Waals surface area contributed by atoms with Gasteiger partial charge in [0.1, 0.15) is 6.29 Å². The second-order valence-electron chi connectivity index (χ2n) is 4.08. The zero-order chi connectivity index (χ0) is 11.4. The summed E-state index contributed by atoms with van der Waals surface area (Å²) in [5.41, 5.74) is 1.81. The number of aldehydes is 1. The van der Waals surface area contributed by atoms with Gasteiger partial charge in [-0.2, -0.15) is 0 Å². The highest BCUT2D eigenvalue weighted by molar-refractivity contribution is 6.08. The Hall–Kier alpha value is -1.70. The number of rotatable bonds is 2. The SMILES string of the molecule is O=C[C@@H]1CCC/C(=C\c2ccccc2)C1=O. The molecule has 82 valence electrons. The summed E-state index contributed by atoms with van der Waals surface area (Å²) >= 11 is 0. The second kappa shape index (κ2) is 4.88. The minimum atomic E-state index is -0.413. The van der Waals surface area contributed by atoms with Crippen LogP contribution in [0.5, 0.6) is 0 Å². The smallest absolute Gasteiger partial charge is 0.169 e. The van der Waals surface area contributed by atoms with Crippen LogP contribution in [0.2, 0.25) is 0 Å². The topological polar surface area (TPSA) is 34.1 Å². The van der Waals surface area contributed by atoms with E-state index in [0.29, 0.717) is 6.42 Å². The van der Waals surface area contributed by atoms with Crippen LogP contribution in [0.25, 0.3) is 6.08 Å². The summed E-state index contributed by atoms with van der Waals surface area (Å²) in [4.78, 5) is 22.6. The molecule has 2 nitrogen and oxygen atoms in total. The molecule has 1 aromatic carbocycles. The number of hydrogen-bond donors (Lipinski definition) is 0. The number of ketones is 1. The van der Waals surface area contributed by atoms with Gasteiger partial charge in [-0.25, -0.2) is 0 Å². The minimum absolute atomic E-state index is 0.00473. The van der Waals surface area contributed by atoms with Crippen LogP contribution in [0.1, 0.15) is 24.8 Å². The lowest BCUT2D eigenvalue weighted by Gasteiger charge is -2.18. The third-order valence-electron chi connectivity index (χ3n) is 2.92. The first-order valence-corrected chi connectivity index (χ1v) is 5.56. The Balaban J connectivity index is 2.23. The number of carbonyl (C=O) groups is 2. The summed E-state index contributed by atoms with van der Waals surface area (Å²) in [7, 11) is 0. The molecule has 0 heterocycles. The molecule has 0 radical (unpaired) electrons. The van der Waals surface area contributed by atoms with E-state index in [1.807, 2.05) is 36.4 Å². The summed E-state index contributed by atoms with van der Waals surface area (Å²) < 4.78 is 0. The zero-order valence-electron chi connectivity index (χ0n) is 9.06. The normalized spacial score (nSPS) is 23.4. The molecule has 1 aliphatic carbocycles. The molecule has 1 atom stereocenters. The van der Waals surface area contributed by atoms with Gasteiger partial charge in [0.05, 0.1) is 5.92 Å². The van der Waals surface area contributed by atoms with E-state index in [9.17, 15) is 9.59 Å². The summed E-state index contributed by atoms with van der Waals surface area (Å²) in [5, 5.41) is 0. The Kier molecular flexibility index (Phi) is 3.30. The molecule has 0 spiro atoms. The van der Waals surface area contributed by atoms with Crippen molar-refractivity contribution < 1.29 is 9.59 Å². The van der Waals surface area contributed by atoms with Gasteiger partial charge in [0, 0.05) is 0 Å². The molecule has 2 rings (SSSR count). The molecule has 0 saturated heterocycles. The Morgan fingerprint density at radius 1 is 1.19 bits per heavy atom. The molecule has 0 amide bonds. The van der Waals surface area contributed by atoms with Gasteiger partial charge >= 0.3 is 0 Å². The van der Waals surface area contributed by atoms with Crippen molar-refractivity contribution in [1.29, 1.82) is 0 Å². The van der Waals surface area contributed by atoms with Gasteiger partial charge in [0.15, 0.2) is 5.78 Å². The van der Waals surface area contributed by atoms with Gasteiger partial charge in [0.2, 0.25) is 0 Å². The van der Waals surface area contributed by atoms with Crippen molar-refractivity contribution in [3.63, 3.8) is 0 Å². The predicted molar refractivity (Wildman–Crippen MR) is 62.8 cm³/mol. The Labute approximate surface area is 95.0 Å². The monoisotopic (exact) mass is 214 g/mol. The van der Waals surface area contributed by atoms with Crippen LogP contribution in [0, 0.1) is 5.92 Å². The maximum Gasteiger partial charge on any atom is 0.169 e. The highest BCUT2D eigenvalue weighted by atomic mass is 16.1. The zero-order valence-corrected chi connectivity index (χ0v) is 9.06. The number of allylic oxidation sites excluding steroid dienone is 1. The lowest BCUT2D eigenvalue weighted by molar-refractivity contribution is -0.125. The first kappa shape index (κ1) is 10.8. The Morgan fingerprint density at radius 2 is 1.94 bits per heavy atom. The molecule has 1 fully saturated rings. The van der Waals surface area contributed by atoms with Gasteiger partial charge < -0.3 is 4.79 Å². The number of hydrogen-bond acceptors (Lipinski definition) is 2. The van der Waals surface area contributed by atoms with E-state index in [0.717, 1.165) is 30.3 Å². The van der Waals surface area contributed by atoms with Crippen molar-refractivity contribution in [3.05, 3.63) is 41.5 Å². The predicted octanol–water partition coefficient (Wildman–Crippen LogP) is 2.64. The average molecular weight is 214 g/mol. The van der Waals surface area contributed by atoms with Crippen LogP contribution in [-0.4, -0.2) is 12.1 Å². The van der Waals surface area contributed by atoms with Crippen LogP contribution in [0.4, 0.5) is 0 Å². The molecule has 0 unspecified atom stereocenters. The molecule has 1 aromatic rings. The molecule has 0 N–H and O–H groups in total. The molecule has 1 saturated carbocycles. The molecular weight excluding hydrogens is 200 g/mol. The van der Waals surface area contributed by atoms with E-state index in [-0.39, 0.29) is 5.78 Å². The van der Waals surface area contributed by atoms with Crippen LogP contribution in [0.15, 0.2) is 35.9 Å². The minimum Gasteiger partial charge on any atom is -0.303 e. The first-order valence-electron chi connectivity index (χ1n) is 5.56. The van der Waals surface area contributed by atoms with Crippen molar-refractivity contribution >= 4 is 18.1 Å². The van der Waals surface area contributed by atoms with Crippen LogP contribution < -0.4 is 0 Å². The van der Waals surface area contributed by atoms with Crippen molar-refractivity contribution in [2.24, 2.45) is 5.92 Å². The molecule has 0 aromatic heterocycles. The lowest BCUT2D eigenvalue weighted by Crippen LogP contribution is -2.22. The standard InChI is InChI=1S/C14H14O2/c15-10-13-8-4-7-12(14(13)16)9-11-5-2-1-3-6-11/h1-3,5-6,9-10,13H,4,7-8H2/b12-9+/t13-/m0/s1. The number of Topliss-reactive ketones (excluding diaryl/α,β-unsaturated/α-hetero) is 1. The maximum absolute atomic E-state index is 11.9. The highest BCUT2D eigenvalue weighted by Crippen LogP contribution is 2.25. The van der Waals surface area contributed by atoms with Gasteiger partial charge in [-0.15, -0.1) is 0 Å². The van der Waals surface area contributed by atoms with Crippen molar-refractivity contribution in [2.45, 2.75) is 19.3 Å². The van der Waals surface area contributed by atoms with E-state index in [2.05, 4.69) is 0 Å². The maximum atomic E-state index is 11.9. The van der Waals surface area contributed by atoms with E-state index in [1.165, 1.54) is 0 Å². The van der Waals surface area contributed by atoms with Crippen molar-refractivity contribution in [1.82, 2.24) is 0 Å². The summed E-state index contributed by atoms with van der Waals surface area (Å²) in [6.45, 7) is 0. The van der Waals surface area contributed by atoms with Gasteiger partial charge in [-0.1, -0.05) is 30.3 Å². The van der Waals surface area contributed by atoms with Gasteiger partial charge in [-0.05, 0) is 36.5 Å². The van der Waals surface area contributed by atoms with E-state index < -0.39 is 5.92 Å². The molecule has 0 aliphatic heterocycles. The van der Waals surface area contributed by atoms with E-state index in [1.54, 1.807) is 0 Å². The summed E-state index contributed by atoms with van der Waals surface area (Å²) in [6.07, 6.45) is 5.10. The third-order valence-corrected chi connectivity index (χ3v) is 2.92. The number of benzene rings is 1. The lowest BCUT2D eigenvalue weighted by atomic mass is 9.84. The Bertz CT molecular complexity index is 418. The molecule has 2 heteroatoms. The summed E-state index contributed by atoms with van der Waals surface area (Å²) in [5.74, 6) is -0.409. The number of carbonyl (C=O) groups excluding carboxylic acids is 2. The summed E-state index contributed by atoms with van der Waals surface area (Å²) in [6, 6.07) is 9.75. The van der Waals surface area contributed by atoms with Crippen molar-refractivity contribution in [2.75, 3.05) is 0 Å². The second-order valence-corrected chi connectivity index (χ2v) is 4.08. The quantitative estimate of drug-likeness (QED) is 0.431. The molecule has 16 heavy (non-hydrogen) atoms. The van der Waals surface area contributed by atoms with Crippen LogP contribution in [0.3, 0.4) is 0 Å². The van der Waals surface area contributed by atoms with Gasteiger partial charge in [0.25, 0.3) is 0 Å². The third kappa shape index (κ3) is 2.27. The van der Waals surface area contributed by atoms with Crippen molar-refractivity contribution in [3.8, 4) is 0 Å². The van der Waals surface area contributed by atoms with Crippen LogP contribution in [-0.2, 0) is 9.59 Å². The molecule has 0 bridgehead atoms. The largest absolute Gasteiger partial charge is 0.303 e. The fourth-order valence-electron chi connectivity index (χ4n) is 2.03. The average Bonchev–Trinajstić information content (AvgIpc) is 2.33. The van der Waals surface area contributed by atoms with E-state index >= 15 is 0 Å². The molecular formula is C14H14O2. The highest BCUT2D eigenvalue weighted by Gasteiger charge is 2.25. The van der Waals surface area contributed by atoms with Gasteiger partial charge in [-0.3, -0.25) is 4.79 Å². The first-order chi connectivity index (χ1) is 7.81. The Morgan fingerprint density at radius 3 is 2.62 bits per heavy atom. The van der Waals surface area contributed by atoms with E-state index in [4.69, 9.17) is 0 Å². The fraction of sp³-hybridized carbons (Fsp3) is 0.286. The fourth-order valence-corrected chi connectivity index (χ4v) is 2.03. The van der Waals surface area contributed by atoms with Crippen LogP contribution >= 0.6 is 0 Å². The molecule has 1 aliphatic rings.